The van der Waals surface area contributed by atoms with Crippen LogP contribution in [0.25, 0.3) is 0 Å². The minimum absolute atomic E-state index is 0.428. The molecular formula is C14H22N2. The summed E-state index contributed by atoms with van der Waals surface area (Å²) in [6, 6.07) is 6.63. The molecular weight excluding hydrogens is 196 g/mol. The summed E-state index contributed by atoms with van der Waals surface area (Å²) in [6.07, 6.45) is 2.59. The van der Waals surface area contributed by atoms with Crippen LogP contribution in [0.15, 0.2) is 18.2 Å². The molecule has 1 aromatic rings. The van der Waals surface area contributed by atoms with Crippen molar-refractivity contribution in [3.63, 3.8) is 0 Å². The van der Waals surface area contributed by atoms with Crippen LogP contribution in [-0.2, 0) is 6.54 Å². The maximum atomic E-state index is 5.76. The highest BCUT2D eigenvalue weighted by Crippen LogP contribution is 2.43. The summed E-state index contributed by atoms with van der Waals surface area (Å²) >= 11 is 0. The van der Waals surface area contributed by atoms with Crippen molar-refractivity contribution in [1.29, 1.82) is 0 Å². The maximum Gasteiger partial charge on any atom is 0.0208 e. The van der Waals surface area contributed by atoms with Crippen molar-refractivity contribution in [2.45, 2.75) is 33.2 Å². The van der Waals surface area contributed by atoms with Crippen molar-refractivity contribution >= 4 is 0 Å². The molecule has 0 saturated heterocycles. The van der Waals surface area contributed by atoms with Crippen molar-refractivity contribution in [3.05, 3.63) is 34.9 Å². The lowest BCUT2D eigenvalue weighted by molar-refractivity contribution is 0.467. The van der Waals surface area contributed by atoms with Gasteiger partial charge in [0.15, 0.2) is 0 Å². The molecule has 0 atom stereocenters. The fourth-order valence-electron chi connectivity index (χ4n) is 2.08. The Balaban J connectivity index is 1.87. The second-order valence-electron chi connectivity index (χ2n) is 5.24. The number of nitrogens with two attached hydrogens (primary N) is 1. The van der Waals surface area contributed by atoms with Gasteiger partial charge in [0.1, 0.15) is 0 Å². The second kappa shape index (κ2) is 4.56. The van der Waals surface area contributed by atoms with Gasteiger partial charge in [-0.15, -0.1) is 0 Å². The summed E-state index contributed by atoms with van der Waals surface area (Å²) in [5, 5.41) is 3.54. The lowest BCUT2D eigenvalue weighted by Crippen LogP contribution is -2.29. The highest BCUT2D eigenvalue weighted by atomic mass is 14.9. The monoisotopic (exact) mass is 218 g/mol. The van der Waals surface area contributed by atoms with E-state index in [1.807, 2.05) is 0 Å². The van der Waals surface area contributed by atoms with Gasteiger partial charge in [0, 0.05) is 13.1 Å². The Bertz CT molecular complexity index is 367. The summed E-state index contributed by atoms with van der Waals surface area (Å²) in [5.74, 6) is 0. The van der Waals surface area contributed by atoms with E-state index in [1.54, 1.807) is 0 Å². The molecule has 0 aromatic heterocycles. The molecule has 2 heteroatoms. The van der Waals surface area contributed by atoms with Gasteiger partial charge < -0.3 is 11.1 Å². The number of benzene rings is 1. The molecule has 1 aliphatic rings. The molecule has 0 aliphatic heterocycles. The number of hydrogen-bond acceptors (Lipinski definition) is 2. The highest BCUT2D eigenvalue weighted by Gasteiger charge is 2.40. The van der Waals surface area contributed by atoms with E-state index in [0.717, 1.165) is 19.6 Å². The molecule has 0 bridgehead atoms. The molecule has 1 saturated carbocycles. The summed E-state index contributed by atoms with van der Waals surface area (Å²) < 4.78 is 0. The van der Waals surface area contributed by atoms with Gasteiger partial charge in [-0.1, -0.05) is 23.8 Å². The van der Waals surface area contributed by atoms with E-state index in [9.17, 15) is 0 Å². The van der Waals surface area contributed by atoms with Gasteiger partial charge in [-0.3, -0.25) is 0 Å². The Morgan fingerprint density at radius 1 is 1.31 bits per heavy atom. The molecule has 0 spiro atoms. The summed E-state index contributed by atoms with van der Waals surface area (Å²) in [4.78, 5) is 0. The summed E-state index contributed by atoms with van der Waals surface area (Å²) in [6.45, 7) is 7.18. The van der Waals surface area contributed by atoms with Crippen LogP contribution in [0.2, 0.25) is 0 Å². The van der Waals surface area contributed by atoms with E-state index >= 15 is 0 Å². The first kappa shape index (κ1) is 11.6. The highest BCUT2D eigenvalue weighted by molar-refractivity contribution is 5.30. The van der Waals surface area contributed by atoms with Gasteiger partial charge in [0.25, 0.3) is 0 Å². The Hall–Kier alpha value is -0.860. The number of nitrogens with one attached hydrogen (secondary N) is 1. The zero-order valence-electron chi connectivity index (χ0n) is 10.3. The lowest BCUT2D eigenvalue weighted by Gasteiger charge is -2.14. The molecule has 0 amide bonds. The topological polar surface area (TPSA) is 38.0 Å². The standard InChI is InChI=1S/C14H22N2/c1-11-3-4-12(2)13(7-11)8-16-10-14(9-15)5-6-14/h3-4,7,16H,5-6,8-10,15H2,1-2H3. The number of hydrogen-bond donors (Lipinski definition) is 2. The van der Waals surface area contributed by atoms with Gasteiger partial charge in [-0.2, -0.15) is 0 Å². The third-order valence-electron chi connectivity index (χ3n) is 3.71. The van der Waals surface area contributed by atoms with Crippen LogP contribution in [0.5, 0.6) is 0 Å². The zero-order chi connectivity index (χ0) is 11.6. The Labute approximate surface area is 98.2 Å². The van der Waals surface area contributed by atoms with Gasteiger partial charge in [-0.25, -0.2) is 0 Å². The van der Waals surface area contributed by atoms with Crippen molar-refractivity contribution in [2.24, 2.45) is 11.1 Å². The molecule has 16 heavy (non-hydrogen) atoms. The van der Waals surface area contributed by atoms with Crippen LogP contribution in [-0.4, -0.2) is 13.1 Å². The van der Waals surface area contributed by atoms with E-state index in [-0.39, 0.29) is 0 Å². The fourth-order valence-corrected chi connectivity index (χ4v) is 2.08. The first-order valence-corrected chi connectivity index (χ1v) is 6.12. The summed E-state index contributed by atoms with van der Waals surface area (Å²) in [7, 11) is 0. The number of rotatable bonds is 5. The Morgan fingerprint density at radius 2 is 2.06 bits per heavy atom. The fraction of sp³-hybridized carbons (Fsp3) is 0.571. The largest absolute Gasteiger partial charge is 0.330 e. The third kappa shape index (κ3) is 2.63. The van der Waals surface area contributed by atoms with Gasteiger partial charge in [-0.05, 0) is 49.8 Å². The molecule has 1 fully saturated rings. The average molecular weight is 218 g/mol. The Kier molecular flexibility index (Phi) is 3.31. The molecule has 0 unspecified atom stereocenters. The lowest BCUT2D eigenvalue weighted by atomic mass is 10.0. The van der Waals surface area contributed by atoms with E-state index < -0.39 is 0 Å². The minimum Gasteiger partial charge on any atom is -0.330 e. The van der Waals surface area contributed by atoms with Crippen molar-refractivity contribution in [2.75, 3.05) is 13.1 Å². The maximum absolute atomic E-state index is 5.76. The molecule has 3 N–H and O–H groups in total. The minimum atomic E-state index is 0.428. The molecule has 1 aromatic carbocycles. The predicted octanol–water partition coefficient (Wildman–Crippen LogP) is 2.13. The van der Waals surface area contributed by atoms with E-state index in [4.69, 9.17) is 5.73 Å². The molecule has 2 rings (SSSR count). The Morgan fingerprint density at radius 3 is 2.69 bits per heavy atom. The van der Waals surface area contributed by atoms with Crippen molar-refractivity contribution in [3.8, 4) is 0 Å². The van der Waals surface area contributed by atoms with Gasteiger partial charge in [0.05, 0.1) is 0 Å². The van der Waals surface area contributed by atoms with E-state index in [2.05, 4.69) is 37.4 Å². The predicted molar refractivity (Wildman–Crippen MR) is 68.3 cm³/mol. The van der Waals surface area contributed by atoms with Crippen LogP contribution in [0.4, 0.5) is 0 Å². The molecule has 0 radical (unpaired) electrons. The molecule has 1 aliphatic carbocycles. The van der Waals surface area contributed by atoms with Crippen molar-refractivity contribution in [1.82, 2.24) is 5.32 Å². The average Bonchev–Trinajstić information content (AvgIpc) is 3.04. The molecule has 2 nitrogen and oxygen atoms in total. The van der Waals surface area contributed by atoms with Crippen LogP contribution in [0.1, 0.15) is 29.5 Å². The first-order valence-electron chi connectivity index (χ1n) is 6.12. The van der Waals surface area contributed by atoms with E-state index in [0.29, 0.717) is 5.41 Å². The quantitative estimate of drug-likeness (QED) is 0.794. The number of aryl methyl sites for hydroxylation is 2. The van der Waals surface area contributed by atoms with Crippen LogP contribution >= 0.6 is 0 Å². The zero-order valence-corrected chi connectivity index (χ0v) is 10.3. The smallest absolute Gasteiger partial charge is 0.0208 e. The van der Waals surface area contributed by atoms with Crippen LogP contribution in [0, 0.1) is 19.3 Å². The van der Waals surface area contributed by atoms with Gasteiger partial charge >= 0.3 is 0 Å². The second-order valence-corrected chi connectivity index (χ2v) is 5.24. The first-order chi connectivity index (χ1) is 7.65. The van der Waals surface area contributed by atoms with Crippen molar-refractivity contribution < 1.29 is 0 Å². The summed E-state index contributed by atoms with van der Waals surface area (Å²) in [5.41, 5.74) is 10.3. The normalized spacial score (nSPS) is 17.4. The van der Waals surface area contributed by atoms with Gasteiger partial charge in [0.2, 0.25) is 0 Å². The van der Waals surface area contributed by atoms with E-state index in [1.165, 1.54) is 29.5 Å². The molecule has 88 valence electrons. The SMILES string of the molecule is Cc1ccc(C)c(CNCC2(CN)CC2)c1. The van der Waals surface area contributed by atoms with Crippen LogP contribution in [0.3, 0.4) is 0 Å². The van der Waals surface area contributed by atoms with Crippen LogP contribution < -0.4 is 11.1 Å². The third-order valence-corrected chi connectivity index (χ3v) is 3.71. The molecule has 0 heterocycles.